The Balaban J connectivity index is 1.83. The maximum atomic E-state index is 11.8. The van der Waals surface area contributed by atoms with Gasteiger partial charge in [-0.05, 0) is 6.92 Å². The predicted molar refractivity (Wildman–Crippen MR) is 96.0 cm³/mol. The van der Waals surface area contributed by atoms with E-state index in [1.54, 1.807) is 0 Å². The van der Waals surface area contributed by atoms with Crippen molar-refractivity contribution in [3.05, 3.63) is 12.7 Å². The second-order valence-corrected chi connectivity index (χ2v) is 10.4. The summed E-state index contributed by atoms with van der Waals surface area (Å²) < 4.78 is 57.6. The van der Waals surface area contributed by atoms with Gasteiger partial charge < -0.3 is 53.3 Å². The Morgan fingerprint density at radius 1 is 1.15 bits per heavy atom. The average Bonchev–Trinajstić information content (AvgIpc) is 3.21. The highest BCUT2D eigenvalue weighted by atomic mass is 31.3. The quantitative estimate of drug-likeness (QED) is 0.287. The lowest BCUT2D eigenvalue weighted by molar-refractivity contribution is -0.347. The summed E-state index contributed by atoms with van der Waals surface area (Å²) in [4.78, 5) is 57.1. The molecule has 0 bridgehead atoms. The molecule has 0 spiro atoms. The summed E-state index contributed by atoms with van der Waals surface area (Å²) in [5.74, 6) is -0.0247. The molecule has 1 saturated heterocycles. The number of hydrogen-bond acceptors (Lipinski definition) is 17. The minimum atomic E-state index is -5.71. The predicted octanol–water partition coefficient (Wildman–Crippen LogP) is -3.11. The first kappa shape index (κ1) is 26.2. The second kappa shape index (κ2) is 9.71. The van der Waals surface area contributed by atoms with Crippen LogP contribution in [0.3, 0.4) is 0 Å². The zero-order valence-corrected chi connectivity index (χ0v) is 19.1. The molecule has 2 aromatic rings. The molecule has 1 aliphatic rings. The zero-order chi connectivity index (χ0) is 24.6. The van der Waals surface area contributed by atoms with Crippen molar-refractivity contribution in [2.45, 2.75) is 31.5 Å². The highest BCUT2D eigenvalue weighted by Crippen LogP contribution is 2.55. The van der Waals surface area contributed by atoms with Crippen LogP contribution in [0.15, 0.2) is 12.7 Å². The minimum absolute atomic E-state index is 0.0247. The van der Waals surface area contributed by atoms with E-state index in [1.165, 1.54) is 6.92 Å². The van der Waals surface area contributed by atoms with Crippen LogP contribution in [0.2, 0.25) is 0 Å². The van der Waals surface area contributed by atoms with Crippen LogP contribution in [0.4, 0.5) is 5.82 Å². The topological polar surface area (TPSA) is 279 Å². The Morgan fingerprint density at radius 2 is 1.82 bits per heavy atom. The van der Waals surface area contributed by atoms with E-state index in [0.29, 0.717) is 0 Å². The van der Waals surface area contributed by atoms with Crippen molar-refractivity contribution in [2.24, 2.45) is 0 Å². The van der Waals surface area contributed by atoms with Gasteiger partial charge in [0.1, 0.15) is 30.2 Å². The molecule has 3 rings (SSSR count). The number of nitrogens with two attached hydrogens (primary N) is 1. The maximum absolute atomic E-state index is 11.8. The van der Waals surface area contributed by atoms with Crippen molar-refractivity contribution in [1.29, 1.82) is 0 Å². The summed E-state index contributed by atoms with van der Waals surface area (Å²) >= 11 is 0. The minimum Gasteiger partial charge on any atom is -0.790 e. The summed E-state index contributed by atoms with van der Waals surface area (Å²) in [6, 6.07) is 0. The van der Waals surface area contributed by atoms with Gasteiger partial charge >= 0.3 is 0 Å². The molecule has 33 heavy (non-hydrogen) atoms. The van der Waals surface area contributed by atoms with Gasteiger partial charge in [-0.2, -0.15) is 0 Å². The molecule has 3 unspecified atom stereocenters. The third kappa shape index (κ3) is 6.41. The number of nitrogens with zero attached hydrogens (tertiary/aromatic N) is 4. The van der Waals surface area contributed by atoms with E-state index in [0.717, 1.165) is 17.2 Å². The summed E-state index contributed by atoms with van der Waals surface area (Å²) in [7, 11) is -16.6. The number of phosphoric acid groups is 3. The molecule has 0 saturated carbocycles. The lowest BCUT2D eigenvalue weighted by Gasteiger charge is -2.35. The monoisotopic (exact) mass is 531 g/mol. The molecular formula is C12H16N5O13P3-4. The van der Waals surface area contributed by atoms with Gasteiger partial charge in [0.25, 0.3) is 15.6 Å². The number of anilines is 1. The number of nitrogen functional groups attached to an aromatic ring is 1. The maximum Gasteiger partial charge on any atom is 0.274 e. The number of fused-ring (bicyclic) bond motifs is 1. The van der Waals surface area contributed by atoms with Crippen molar-refractivity contribution in [2.75, 3.05) is 18.9 Å². The van der Waals surface area contributed by atoms with Crippen LogP contribution in [0.5, 0.6) is 0 Å². The van der Waals surface area contributed by atoms with Crippen molar-refractivity contribution in [3.63, 3.8) is 0 Å². The van der Waals surface area contributed by atoms with Crippen LogP contribution in [0.25, 0.3) is 11.2 Å². The largest absolute Gasteiger partial charge is 0.790 e. The second-order valence-electron chi connectivity index (χ2n) is 6.35. The van der Waals surface area contributed by atoms with Gasteiger partial charge in [0.2, 0.25) is 0 Å². The fourth-order valence-electron chi connectivity index (χ4n) is 2.91. The van der Waals surface area contributed by atoms with E-state index in [2.05, 4.69) is 32.8 Å². The first-order valence-electron chi connectivity index (χ1n) is 8.82. The Hall–Kier alpha value is -1.36. The van der Waals surface area contributed by atoms with Crippen LogP contribution in [0.1, 0.15) is 13.2 Å². The summed E-state index contributed by atoms with van der Waals surface area (Å²) in [6.07, 6.45) is -4.89. The van der Waals surface area contributed by atoms with Gasteiger partial charge in [-0.1, -0.05) is 0 Å². The lowest BCUT2D eigenvalue weighted by Crippen LogP contribution is -2.38. The first-order chi connectivity index (χ1) is 15.2. The number of aromatic nitrogens is 4. The Labute approximate surface area is 184 Å². The molecule has 18 nitrogen and oxygen atoms in total. The van der Waals surface area contributed by atoms with Gasteiger partial charge in [-0.25, -0.2) is 19.3 Å². The highest BCUT2D eigenvalue weighted by Gasteiger charge is 2.47. The molecule has 0 aliphatic carbocycles. The number of imidazole rings is 1. The molecule has 6 atom stereocenters. The molecule has 1 fully saturated rings. The van der Waals surface area contributed by atoms with E-state index in [4.69, 9.17) is 10.5 Å². The van der Waals surface area contributed by atoms with E-state index >= 15 is 0 Å². The summed E-state index contributed by atoms with van der Waals surface area (Å²) in [5.41, 5.74) is 5.82. The molecular weight excluding hydrogens is 515 g/mol. The fraction of sp³-hybridized carbons (Fsp3) is 0.583. The van der Waals surface area contributed by atoms with Crippen molar-refractivity contribution < 1.29 is 61.0 Å². The Kier molecular flexibility index (Phi) is 7.73. The van der Waals surface area contributed by atoms with Gasteiger partial charge in [0.15, 0.2) is 17.7 Å². The summed E-state index contributed by atoms with van der Waals surface area (Å²) in [5, 5.41) is 10.5. The van der Waals surface area contributed by atoms with Crippen molar-refractivity contribution in [3.8, 4) is 0 Å². The van der Waals surface area contributed by atoms with E-state index < -0.39 is 61.2 Å². The van der Waals surface area contributed by atoms with Gasteiger partial charge in [0, 0.05) is 0 Å². The normalized spacial score (nSPS) is 27.5. The number of aliphatic hydroxyl groups excluding tert-OH is 1. The number of hydrogen-bond donors (Lipinski definition) is 2. The Bertz CT molecular complexity index is 1140. The molecule has 186 valence electrons. The first-order valence-corrected chi connectivity index (χ1v) is 13.2. The van der Waals surface area contributed by atoms with Crippen LogP contribution in [-0.4, -0.2) is 56.2 Å². The number of ether oxygens (including phenoxy) is 1. The van der Waals surface area contributed by atoms with Crippen molar-refractivity contribution >= 4 is 40.4 Å². The molecule has 0 radical (unpaired) electrons. The van der Waals surface area contributed by atoms with Crippen LogP contribution in [0, 0.1) is 0 Å². The van der Waals surface area contributed by atoms with E-state index in [-0.39, 0.29) is 17.0 Å². The smallest absolute Gasteiger partial charge is 0.274 e. The molecule has 2 aromatic heterocycles. The molecule has 3 heterocycles. The molecule has 0 aromatic carbocycles. The average molecular weight is 531 g/mol. The van der Waals surface area contributed by atoms with Gasteiger partial charge in [-0.15, -0.1) is 0 Å². The third-order valence-corrected chi connectivity index (χ3v) is 7.25. The summed E-state index contributed by atoms with van der Waals surface area (Å²) in [6.45, 7) is -0.288. The lowest BCUT2D eigenvalue weighted by atomic mass is 10.1. The van der Waals surface area contributed by atoms with E-state index in [1.807, 2.05) is 0 Å². The SMILES string of the molecule is CCOP(=O)([O-])OP(=O)([O-])OC[C@H]1O[C@@H](n2cnc3c(N)ncnc32)[C@@H](O)C1OP(=O)([O-])[O-]. The van der Waals surface area contributed by atoms with Crippen LogP contribution < -0.4 is 25.3 Å². The molecule has 0 amide bonds. The zero-order valence-electron chi connectivity index (χ0n) is 16.4. The van der Waals surface area contributed by atoms with Crippen LogP contribution >= 0.6 is 23.5 Å². The van der Waals surface area contributed by atoms with Gasteiger partial charge in [0.05, 0.1) is 27.4 Å². The number of aliphatic hydroxyl groups is 1. The van der Waals surface area contributed by atoms with Gasteiger partial charge in [-0.3, -0.25) is 13.7 Å². The number of phosphoric ester groups is 3. The third-order valence-electron chi connectivity index (χ3n) is 4.11. The number of rotatable bonds is 10. The van der Waals surface area contributed by atoms with Crippen LogP contribution in [-0.2, 0) is 36.3 Å². The standard InChI is InChI=1S/C12H20N5O13P3/c1-2-26-32(22,23)30-33(24,25)27-3-6-9(29-31(19,20)21)8(18)12(28-6)17-5-16-7-10(13)14-4-15-11(7)17/h4-6,8-9,12,18H,2-3H2,1H3,(H,22,23)(H,24,25)(H2,13,14,15)(H2,19,20,21)/p-4/t6-,8+,9?,12-/m1/s1. The molecule has 1 aliphatic heterocycles. The molecule has 21 heteroatoms. The highest BCUT2D eigenvalue weighted by molar-refractivity contribution is 7.59. The van der Waals surface area contributed by atoms with E-state index in [9.17, 15) is 38.4 Å². The molecule has 3 N–H and O–H groups in total. The van der Waals surface area contributed by atoms with Crippen molar-refractivity contribution in [1.82, 2.24) is 19.5 Å². The Morgan fingerprint density at radius 3 is 2.45 bits per heavy atom. The fourth-order valence-corrected chi connectivity index (χ4v) is 5.47.